The summed E-state index contributed by atoms with van der Waals surface area (Å²) in [5.41, 5.74) is 1.33. The number of sulfonamides is 1. The van der Waals surface area contributed by atoms with Crippen molar-refractivity contribution in [2.75, 3.05) is 18.5 Å². The highest BCUT2D eigenvalue weighted by Gasteiger charge is 2.27. The van der Waals surface area contributed by atoms with Gasteiger partial charge in [-0.2, -0.15) is 4.72 Å². The van der Waals surface area contributed by atoms with E-state index in [0.29, 0.717) is 30.4 Å². The molecule has 0 bridgehead atoms. The highest BCUT2D eigenvalue weighted by atomic mass is 35.5. The van der Waals surface area contributed by atoms with Crippen LogP contribution in [0.1, 0.15) is 19.4 Å². The van der Waals surface area contributed by atoms with E-state index < -0.39 is 22.0 Å². The van der Waals surface area contributed by atoms with Crippen LogP contribution in [0, 0.1) is 0 Å². The van der Waals surface area contributed by atoms with Crippen molar-refractivity contribution < 1.29 is 22.7 Å². The summed E-state index contributed by atoms with van der Waals surface area (Å²) in [4.78, 5) is 13.1. The Morgan fingerprint density at radius 3 is 2.24 bits per heavy atom. The fraction of sp³-hybridized carbons (Fsp3) is 0.240. The zero-order valence-corrected chi connectivity index (χ0v) is 20.5. The molecule has 3 rings (SSSR count). The molecule has 0 saturated carbocycles. The number of amides is 1. The first kappa shape index (κ1) is 25.6. The summed E-state index contributed by atoms with van der Waals surface area (Å²) < 4.78 is 39.6. The minimum atomic E-state index is -4.06. The van der Waals surface area contributed by atoms with Crippen LogP contribution in [-0.4, -0.2) is 33.6 Å². The molecular weight excluding hydrogens is 476 g/mol. The fourth-order valence-corrected chi connectivity index (χ4v) is 4.77. The molecule has 0 radical (unpaired) electrons. The Morgan fingerprint density at radius 1 is 0.941 bits per heavy atom. The van der Waals surface area contributed by atoms with E-state index in [1.807, 2.05) is 37.3 Å². The first-order valence-electron chi connectivity index (χ1n) is 10.8. The molecular formula is C25H27ClN2O5S. The second kappa shape index (κ2) is 11.9. The number of carbonyl (C=O) groups is 1. The van der Waals surface area contributed by atoms with E-state index in [4.69, 9.17) is 21.1 Å². The quantitative estimate of drug-likeness (QED) is 0.397. The van der Waals surface area contributed by atoms with Crippen LogP contribution >= 0.6 is 11.6 Å². The summed E-state index contributed by atoms with van der Waals surface area (Å²) >= 11 is 6.18. The largest absolute Gasteiger partial charge is 0.494 e. The van der Waals surface area contributed by atoms with E-state index in [-0.39, 0.29) is 16.3 Å². The van der Waals surface area contributed by atoms with Gasteiger partial charge in [-0.05, 0) is 68.3 Å². The molecule has 3 aromatic carbocycles. The van der Waals surface area contributed by atoms with Crippen molar-refractivity contribution in [3.63, 3.8) is 0 Å². The Hall–Kier alpha value is -3.07. The van der Waals surface area contributed by atoms with Crippen molar-refractivity contribution in [2.45, 2.75) is 31.2 Å². The highest BCUT2D eigenvalue weighted by Crippen LogP contribution is 2.27. The topological polar surface area (TPSA) is 93.7 Å². The third kappa shape index (κ3) is 6.96. The summed E-state index contributed by atoms with van der Waals surface area (Å²) in [7, 11) is -4.06. The van der Waals surface area contributed by atoms with Crippen LogP contribution in [0.2, 0.25) is 5.02 Å². The van der Waals surface area contributed by atoms with E-state index in [2.05, 4.69) is 10.0 Å². The van der Waals surface area contributed by atoms with Gasteiger partial charge in [-0.3, -0.25) is 4.79 Å². The third-order valence-corrected chi connectivity index (χ3v) is 6.61. The van der Waals surface area contributed by atoms with Crippen molar-refractivity contribution in [1.29, 1.82) is 0 Å². The van der Waals surface area contributed by atoms with Crippen molar-refractivity contribution in [3.05, 3.63) is 83.4 Å². The van der Waals surface area contributed by atoms with Crippen LogP contribution in [-0.2, 0) is 21.2 Å². The van der Waals surface area contributed by atoms with Crippen molar-refractivity contribution in [2.24, 2.45) is 0 Å². The molecule has 1 amide bonds. The lowest BCUT2D eigenvalue weighted by Crippen LogP contribution is -2.45. The number of hydrogen-bond acceptors (Lipinski definition) is 5. The molecule has 3 aromatic rings. The van der Waals surface area contributed by atoms with E-state index in [1.54, 1.807) is 31.2 Å². The molecule has 0 spiro atoms. The van der Waals surface area contributed by atoms with Gasteiger partial charge in [0.1, 0.15) is 17.5 Å². The first-order valence-corrected chi connectivity index (χ1v) is 12.7. The molecule has 34 heavy (non-hydrogen) atoms. The zero-order valence-electron chi connectivity index (χ0n) is 19.0. The normalized spacial score (nSPS) is 12.1. The average Bonchev–Trinajstić information content (AvgIpc) is 2.82. The first-order chi connectivity index (χ1) is 16.3. The summed E-state index contributed by atoms with van der Waals surface area (Å²) in [5, 5.41) is 2.94. The number of benzene rings is 3. The fourth-order valence-electron chi connectivity index (χ4n) is 3.24. The van der Waals surface area contributed by atoms with E-state index in [9.17, 15) is 13.2 Å². The number of hydrogen-bond donors (Lipinski definition) is 2. The van der Waals surface area contributed by atoms with Crippen LogP contribution in [0.5, 0.6) is 11.5 Å². The smallest absolute Gasteiger partial charge is 0.242 e. The van der Waals surface area contributed by atoms with Crippen LogP contribution in [0.4, 0.5) is 5.69 Å². The zero-order chi connectivity index (χ0) is 24.6. The summed E-state index contributed by atoms with van der Waals surface area (Å²) in [5.74, 6) is 0.570. The Morgan fingerprint density at radius 2 is 1.62 bits per heavy atom. The lowest BCUT2D eigenvalue weighted by molar-refractivity contribution is -0.117. The predicted molar refractivity (Wildman–Crippen MR) is 133 cm³/mol. The molecule has 0 fully saturated rings. The molecule has 180 valence electrons. The van der Waals surface area contributed by atoms with Crippen molar-refractivity contribution >= 4 is 33.2 Å². The van der Waals surface area contributed by atoms with Gasteiger partial charge in [0.05, 0.1) is 23.1 Å². The molecule has 0 aliphatic rings. The van der Waals surface area contributed by atoms with Gasteiger partial charge in [-0.25, -0.2) is 8.42 Å². The Kier molecular flexibility index (Phi) is 8.92. The van der Waals surface area contributed by atoms with Crippen LogP contribution < -0.4 is 19.5 Å². The predicted octanol–water partition coefficient (Wildman–Crippen LogP) is 4.67. The van der Waals surface area contributed by atoms with E-state index >= 15 is 0 Å². The van der Waals surface area contributed by atoms with Gasteiger partial charge in [0.25, 0.3) is 0 Å². The lowest BCUT2D eigenvalue weighted by Gasteiger charge is -2.19. The lowest BCUT2D eigenvalue weighted by atomic mass is 10.1. The SMILES string of the molecule is CCOc1ccc(NC(=O)[C@H](Cc2ccccc2)NS(=O)(=O)c2ccc(OCC)c(Cl)c2)cc1. The molecule has 2 N–H and O–H groups in total. The molecule has 9 heteroatoms. The molecule has 0 saturated heterocycles. The maximum atomic E-state index is 13.1. The molecule has 1 atom stereocenters. The van der Waals surface area contributed by atoms with E-state index in [1.165, 1.54) is 18.2 Å². The van der Waals surface area contributed by atoms with Gasteiger partial charge in [-0.15, -0.1) is 0 Å². The number of halogens is 1. The summed E-state index contributed by atoms with van der Waals surface area (Å²) in [6.45, 7) is 4.62. The standard InChI is InChI=1S/C25H27ClN2O5S/c1-3-32-20-12-10-19(11-13-20)27-25(29)23(16-18-8-6-5-7-9-18)28-34(30,31)21-14-15-24(33-4-2)22(26)17-21/h5-15,17,23,28H,3-4,16H2,1-2H3,(H,27,29)/t23-/m0/s1. The molecule has 0 aliphatic carbocycles. The number of nitrogens with one attached hydrogen (secondary N) is 2. The van der Waals surface area contributed by atoms with Crippen molar-refractivity contribution in [1.82, 2.24) is 4.72 Å². The minimum absolute atomic E-state index is 0.0621. The van der Waals surface area contributed by atoms with Gasteiger partial charge in [0.2, 0.25) is 15.9 Å². The Balaban J connectivity index is 1.83. The van der Waals surface area contributed by atoms with E-state index in [0.717, 1.165) is 5.56 Å². The molecule has 7 nitrogen and oxygen atoms in total. The van der Waals surface area contributed by atoms with Gasteiger partial charge in [-0.1, -0.05) is 41.9 Å². The maximum Gasteiger partial charge on any atom is 0.242 e. The summed E-state index contributed by atoms with van der Waals surface area (Å²) in [6.07, 6.45) is 0.160. The van der Waals surface area contributed by atoms with Crippen LogP contribution in [0.15, 0.2) is 77.7 Å². The van der Waals surface area contributed by atoms with Gasteiger partial charge < -0.3 is 14.8 Å². The Labute approximate surface area is 205 Å². The average molecular weight is 503 g/mol. The van der Waals surface area contributed by atoms with Gasteiger partial charge in [0, 0.05) is 5.69 Å². The maximum absolute atomic E-state index is 13.1. The third-order valence-electron chi connectivity index (χ3n) is 4.84. The number of anilines is 1. The summed E-state index contributed by atoms with van der Waals surface area (Å²) in [6, 6.07) is 19.2. The molecule has 0 unspecified atom stereocenters. The van der Waals surface area contributed by atoms with Gasteiger partial charge >= 0.3 is 0 Å². The number of ether oxygens (including phenoxy) is 2. The van der Waals surface area contributed by atoms with Crippen LogP contribution in [0.3, 0.4) is 0 Å². The molecule has 0 aliphatic heterocycles. The number of carbonyl (C=O) groups excluding carboxylic acids is 1. The molecule has 0 aromatic heterocycles. The second-order valence-corrected chi connectivity index (χ2v) is 9.46. The van der Waals surface area contributed by atoms with Gasteiger partial charge in [0.15, 0.2) is 0 Å². The number of rotatable bonds is 11. The van der Waals surface area contributed by atoms with Crippen molar-refractivity contribution in [3.8, 4) is 11.5 Å². The highest BCUT2D eigenvalue weighted by molar-refractivity contribution is 7.89. The second-order valence-electron chi connectivity index (χ2n) is 7.34. The van der Waals surface area contributed by atoms with Crippen LogP contribution in [0.25, 0.3) is 0 Å². The monoisotopic (exact) mass is 502 g/mol. The Bertz CT molecular complexity index is 1200. The minimum Gasteiger partial charge on any atom is -0.494 e. The molecule has 0 heterocycles.